The number of rotatable bonds is 2. The van der Waals surface area contributed by atoms with Crippen molar-refractivity contribution < 1.29 is 0 Å². The molecular weight excluding hydrogens is 416 g/mol. The molecule has 0 saturated carbocycles. The van der Waals surface area contributed by atoms with Crippen LogP contribution in [0.2, 0.25) is 0 Å². The molecule has 29 heavy (non-hydrogen) atoms. The number of hydrogen-bond donors (Lipinski definition) is 0. The maximum atomic E-state index is 3.63. The van der Waals surface area contributed by atoms with Crippen molar-refractivity contribution in [2.75, 3.05) is 0 Å². The van der Waals surface area contributed by atoms with Crippen molar-refractivity contribution in [3.63, 3.8) is 0 Å². The van der Waals surface area contributed by atoms with E-state index in [1.807, 2.05) is 0 Å². The van der Waals surface area contributed by atoms with Crippen molar-refractivity contribution in [3.8, 4) is 0 Å². The number of hydrogen-bond acceptors (Lipinski definition) is 0. The van der Waals surface area contributed by atoms with Crippen LogP contribution in [0.1, 0.15) is 38.9 Å². The zero-order chi connectivity index (χ0) is 19.8. The van der Waals surface area contributed by atoms with E-state index in [0.717, 1.165) is 17.3 Å². The van der Waals surface area contributed by atoms with Crippen LogP contribution < -0.4 is 0 Å². The van der Waals surface area contributed by atoms with Crippen LogP contribution in [0, 0.1) is 6.92 Å². The van der Waals surface area contributed by atoms with Gasteiger partial charge in [-0.15, -0.1) is 0 Å². The van der Waals surface area contributed by atoms with Gasteiger partial charge in [0, 0.05) is 4.47 Å². The zero-order valence-electron chi connectivity index (χ0n) is 16.5. The van der Waals surface area contributed by atoms with Crippen LogP contribution in [0.3, 0.4) is 0 Å². The number of halogens is 1. The quantitative estimate of drug-likeness (QED) is 0.309. The monoisotopic (exact) mass is 438 g/mol. The fourth-order valence-corrected chi connectivity index (χ4v) is 5.18. The van der Waals surface area contributed by atoms with Crippen molar-refractivity contribution in [1.29, 1.82) is 0 Å². The summed E-state index contributed by atoms with van der Waals surface area (Å²) in [6.45, 7) is 2.16. The molecule has 1 heteroatoms. The molecule has 0 bridgehead atoms. The van der Waals surface area contributed by atoms with Crippen LogP contribution >= 0.6 is 15.9 Å². The lowest BCUT2D eigenvalue weighted by molar-refractivity contribution is 0.739. The third-order valence-electron chi connectivity index (χ3n) is 6.27. The molecule has 5 rings (SSSR count). The van der Waals surface area contributed by atoms with Crippen molar-refractivity contribution in [2.24, 2.45) is 0 Å². The van der Waals surface area contributed by atoms with E-state index in [2.05, 4.69) is 120 Å². The van der Waals surface area contributed by atoms with Gasteiger partial charge in [0.15, 0.2) is 0 Å². The molecule has 0 atom stereocenters. The lowest BCUT2D eigenvalue weighted by Gasteiger charge is -2.38. The molecule has 0 fully saturated rings. The standard InChI is InChI=1S/C28H23Br/c1-20-10-14-23(15-11-20)28(24-16-18-25(29)19-17-24)26-8-4-2-6-21(26)12-13-22-7-3-5-9-27(22)28/h2-11,14-19H,12-13H2,1H3. The van der Waals surface area contributed by atoms with Gasteiger partial charge < -0.3 is 0 Å². The second-order valence-corrected chi connectivity index (χ2v) is 8.85. The Morgan fingerprint density at radius 1 is 0.586 bits per heavy atom. The number of fused-ring (bicyclic) bond motifs is 2. The Morgan fingerprint density at radius 2 is 1.03 bits per heavy atom. The van der Waals surface area contributed by atoms with Crippen LogP contribution in [-0.4, -0.2) is 0 Å². The lowest BCUT2D eigenvalue weighted by atomic mass is 9.64. The second kappa shape index (κ2) is 7.31. The van der Waals surface area contributed by atoms with Gasteiger partial charge in [0.2, 0.25) is 0 Å². The molecule has 0 saturated heterocycles. The molecule has 0 aliphatic heterocycles. The van der Waals surface area contributed by atoms with E-state index in [0.29, 0.717) is 0 Å². The summed E-state index contributed by atoms with van der Waals surface area (Å²) < 4.78 is 1.11. The van der Waals surface area contributed by atoms with Crippen LogP contribution in [0.5, 0.6) is 0 Å². The average molecular weight is 439 g/mol. The Bertz CT molecular complexity index is 1060. The summed E-state index contributed by atoms with van der Waals surface area (Å²) in [5.41, 5.74) is 9.28. The summed E-state index contributed by atoms with van der Waals surface area (Å²) in [5.74, 6) is 0. The van der Waals surface area contributed by atoms with Gasteiger partial charge in [0.05, 0.1) is 5.41 Å². The highest BCUT2D eigenvalue weighted by Crippen LogP contribution is 2.49. The number of aryl methyl sites for hydroxylation is 3. The van der Waals surface area contributed by atoms with Crippen molar-refractivity contribution in [1.82, 2.24) is 0 Å². The van der Waals surface area contributed by atoms with Gasteiger partial charge in [-0.05, 0) is 65.3 Å². The molecular formula is C28H23Br. The molecule has 142 valence electrons. The fourth-order valence-electron chi connectivity index (χ4n) is 4.91. The molecule has 0 heterocycles. The first-order valence-corrected chi connectivity index (χ1v) is 11.0. The Balaban J connectivity index is 1.96. The van der Waals surface area contributed by atoms with Gasteiger partial charge >= 0.3 is 0 Å². The highest BCUT2D eigenvalue weighted by atomic mass is 79.9. The highest BCUT2D eigenvalue weighted by molar-refractivity contribution is 9.10. The third kappa shape index (κ3) is 2.96. The minimum atomic E-state index is -0.321. The lowest BCUT2D eigenvalue weighted by Crippen LogP contribution is -2.32. The number of benzene rings is 4. The van der Waals surface area contributed by atoms with E-state index in [1.165, 1.54) is 38.9 Å². The largest absolute Gasteiger partial charge is 0.0706 e. The van der Waals surface area contributed by atoms with Crippen LogP contribution in [0.25, 0.3) is 0 Å². The first-order valence-electron chi connectivity index (χ1n) is 10.2. The summed E-state index contributed by atoms with van der Waals surface area (Å²) in [6.07, 6.45) is 2.13. The Kier molecular flexibility index (Phi) is 4.64. The SMILES string of the molecule is Cc1ccc(C2(c3ccc(Br)cc3)c3ccccc3CCc3ccccc32)cc1. The zero-order valence-corrected chi connectivity index (χ0v) is 18.1. The summed E-state index contributed by atoms with van der Waals surface area (Å²) in [4.78, 5) is 0. The molecule has 0 N–H and O–H groups in total. The second-order valence-electron chi connectivity index (χ2n) is 7.94. The fraction of sp³-hybridized carbons (Fsp3) is 0.143. The maximum Gasteiger partial charge on any atom is 0.0706 e. The molecule has 0 aromatic heterocycles. The first kappa shape index (κ1) is 18.4. The topological polar surface area (TPSA) is 0 Å². The van der Waals surface area contributed by atoms with E-state index in [1.54, 1.807) is 0 Å². The summed E-state index contributed by atoms with van der Waals surface area (Å²) in [5, 5.41) is 0. The van der Waals surface area contributed by atoms with Crippen molar-refractivity contribution >= 4 is 15.9 Å². The van der Waals surface area contributed by atoms with Crippen LogP contribution in [0.15, 0.2) is 102 Å². The normalized spacial score (nSPS) is 14.6. The van der Waals surface area contributed by atoms with Gasteiger partial charge in [0.25, 0.3) is 0 Å². The summed E-state index contributed by atoms with van der Waals surface area (Å²) in [7, 11) is 0. The average Bonchev–Trinajstić information content (AvgIpc) is 2.91. The van der Waals surface area contributed by atoms with Crippen LogP contribution in [0.4, 0.5) is 0 Å². The van der Waals surface area contributed by atoms with Gasteiger partial charge in [-0.2, -0.15) is 0 Å². The first-order chi connectivity index (χ1) is 14.2. The summed E-state index contributed by atoms with van der Waals surface area (Å²) >= 11 is 3.63. The Morgan fingerprint density at radius 3 is 1.55 bits per heavy atom. The molecule has 0 unspecified atom stereocenters. The van der Waals surface area contributed by atoms with Gasteiger partial charge in [-0.3, -0.25) is 0 Å². The predicted octanol–water partition coefficient (Wildman–Crippen LogP) is 7.24. The molecule has 1 aliphatic rings. The molecule has 1 aliphatic carbocycles. The highest BCUT2D eigenvalue weighted by Gasteiger charge is 2.42. The molecule has 0 amide bonds. The van der Waals surface area contributed by atoms with Crippen LogP contribution in [-0.2, 0) is 18.3 Å². The van der Waals surface area contributed by atoms with Gasteiger partial charge in [-0.25, -0.2) is 0 Å². The van der Waals surface area contributed by atoms with Gasteiger partial charge in [0.1, 0.15) is 0 Å². The van der Waals surface area contributed by atoms with Crippen molar-refractivity contribution in [2.45, 2.75) is 25.2 Å². The smallest absolute Gasteiger partial charge is 0.0620 e. The minimum absolute atomic E-state index is 0.321. The van der Waals surface area contributed by atoms with E-state index in [4.69, 9.17) is 0 Å². The molecule has 4 aromatic rings. The third-order valence-corrected chi connectivity index (χ3v) is 6.80. The Labute approximate surface area is 181 Å². The van der Waals surface area contributed by atoms with E-state index in [-0.39, 0.29) is 5.41 Å². The summed E-state index contributed by atoms with van der Waals surface area (Å²) in [6, 6.07) is 36.0. The molecule has 0 nitrogen and oxygen atoms in total. The van der Waals surface area contributed by atoms with E-state index < -0.39 is 0 Å². The molecule has 0 spiro atoms. The van der Waals surface area contributed by atoms with E-state index >= 15 is 0 Å². The molecule has 0 radical (unpaired) electrons. The van der Waals surface area contributed by atoms with E-state index in [9.17, 15) is 0 Å². The Hall–Kier alpha value is -2.64. The minimum Gasteiger partial charge on any atom is -0.0620 e. The van der Waals surface area contributed by atoms with Crippen molar-refractivity contribution in [3.05, 3.63) is 140 Å². The maximum absolute atomic E-state index is 3.63. The molecule has 4 aromatic carbocycles. The predicted molar refractivity (Wildman–Crippen MR) is 125 cm³/mol. The van der Waals surface area contributed by atoms with Gasteiger partial charge in [-0.1, -0.05) is 106 Å².